The lowest BCUT2D eigenvalue weighted by atomic mass is 9.76. The average Bonchev–Trinajstić information content (AvgIpc) is 2.12. The molecule has 0 saturated heterocycles. The van der Waals surface area contributed by atoms with Gasteiger partial charge in [0.25, 0.3) is 0 Å². The Morgan fingerprint density at radius 1 is 1.25 bits per heavy atom. The first-order valence-corrected chi connectivity index (χ1v) is 5.23. The monoisotopic (exact) mass is 230 g/mol. The van der Waals surface area contributed by atoms with Crippen molar-refractivity contribution in [2.75, 3.05) is 0 Å². The Kier molecular flexibility index (Phi) is 2.70. The Bertz CT molecular complexity index is 392. The topological polar surface area (TPSA) is 20.2 Å². The molecule has 1 N–H and O–H groups in total. The highest BCUT2D eigenvalue weighted by Crippen LogP contribution is 2.39. The molecule has 2 rings (SSSR count). The molecule has 0 heterocycles. The molecule has 0 unspecified atom stereocenters. The van der Waals surface area contributed by atoms with E-state index in [4.69, 9.17) is 0 Å². The van der Waals surface area contributed by atoms with E-state index in [1.54, 1.807) is 6.92 Å². The smallest absolute Gasteiger partial charge is 0.393 e. The minimum atomic E-state index is -4.28. The van der Waals surface area contributed by atoms with Crippen LogP contribution in [0, 0.1) is 6.92 Å². The van der Waals surface area contributed by atoms with Crippen LogP contribution in [0.4, 0.5) is 13.2 Å². The van der Waals surface area contributed by atoms with E-state index in [1.165, 1.54) is 12.1 Å². The fourth-order valence-electron chi connectivity index (χ4n) is 2.15. The molecule has 16 heavy (non-hydrogen) atoms. The van der Waals surface area contributed by atoms with Gasteiger partial charge >= 0.3 is 6.18 Å². The summed E-state index contributed by atoms with van der Waals surface area (Å²) in [4.78, 5) is 0. The van der Waals surface area contributed by atoms with Gasteiger partial charge in [-0.15, -0.1) is 0 Å². The maximum Gasteiger partial charge on any atom is 0.416 e. The Labute approximate surface area is 91.9 Å². The zero-order valence-corrected chi connectivity index (χ0v) is 8.88. The van der Waals surface area contributed by atoms with Gasteiger partial charge in [0, 0.05) is 0 Å². The normalized spacial score (nSPS) is 25.3. The van der Waals surface area contributed by atoms with Gasteiger partial charge in [-0.1, -0.05) is 6.07 Å². The third kappa shape index (κ3) is 2.07. The summed E-state index contributed by atoms with van der Waals surface area (Å²) in [7, 11) is 0. The maximum absolute atomic E-state index is 12.4. The second-order valence-electron chi connectivity index (χ2n) is 4.39. The average molecular weight is 230 g/mol. The minimum absolute atomic E-state index is 0.220. The molecule has 0 aromatic heterocycles. The van der Waals surface area contributed by atoms with Crippen LogP contribution in [0.2, 0.25) is 0 Å². The largest absolute Gasteiger partial charge is 0.416 e. The van der Waals surface area contributed by atoms with E-state index < -0.39 is 11.7 Å². The number of aliphatic hydroxyl groups excluding tert-OH is 1. The van der Waals surface area contributed by atoms with Crippen molar-refractivity contribution in [3.63, 3.8) is 0 Å². The van der Waals surface area contributed by atoms with E-state index in [2.05, 4.69) is 0 Å². The number of rotatable bonds is 1. The number of halogens is 3. The zero-order valence-electron chi connectivity index (χ0n) is 8.88. The summed E-state index contributed by atoms with van der Waals surface area (Å²) in [6.45, 7) is 1.69. The SMILES string of the molecule is Cc1cc(C(F)(F)F)ccc1[C@H]1C[C@@H](O)C1. The van der Waals surface area contributed by atoms with Gasteiger partial charge in [-0.05, 0) is 48.9 Å². The van der Waals surface area contributed by atoms with Crippen LogP contribution in [0.3, 0.4) is 0 Å². The summed E-state index contributed by atoms with van der Waals surface area (Å²) >= 11 is 0. The fraction of sp³-hybridized carbons (Fsp3) is 0.500. The second-order valence-corrected chi connectivity index (χ2v) is 4.39. The van der Waals surface area contributed by atoms with E-state index in [0.717, 1.165) is 11.6 Å². The molecule has 4 heteroatoms. The lowest BCUT2D eigenvalue weighted by molar-refractivity contribution is -0.137. The van der Waals surface area contributed by atoms with E-state index in [0.29, 0.717) is 18.4 Å². The van der Waals surface area contributed by atoms with Gasteiger partial charge in [0.1, 0.15) is 0 Å². The molecule has 0 spiro atoms. The third-order valence-corrected chi connectivity index (χ3v) is 3.15. The molecule has 0 bridgehead atoms. The highest BCUT2D eigenvalue weighted by molar-refractivity contribution is 5.36. The van der Waals surface area contributed by atoms with Crippen molar-refractivity contribution in [2.45, 2.75) is 38.0 Å². The predicted molar refractivity (Wildman–Crippen MR) is 54.2 cm³/mol. The van der Waals surface area contributed by atoms with Crippen molar-refractivity contribution >= 4 is 0 Å². The fourth-order valence-corrected chi connectivity index (χ4v) is 2.15. The first kappa shape index (κ1) is 11.5. The van der Waals surface area contributed by atoms with Gasteiger partial charge in [0.15, 0.2) is 0 Å². The van der Waals surface area contributed by atoms with Crippen molar-refractivity contribution in [3.8, 4) is 0 Å². The van der Waals surface area contributed by atoms with Gasteiger partial charge < -0.3 is 5.11 Å². The maximum atomic E-state index is 12.4. The molecule has 1 nitrogen and oxygen atoms in total. The van der Waals surface area contributed by atoms with Crippen molar-refractivity contribution in [2.24, 2.45) is 0 Å². The molecule has 88 valence electrons. The summed E-state index contributed by atoms with van der Waals surface area (Å²) in [5, 5.41) is 9.17. The van der Waals surface area contributed by atoms with Crippen molar-refractivity contribution < 1.29 is 18.3 Å². The Hall–Kier alpha value is -1.03. The molecule has 1 aliphatic carbocycles. The Morgan fingerprint density at radius 2 is 1.88 bits per heavy atom. The lowest BCUT2D eigenvalue weighted by Crippen LogP contribution is -2.27. The van der Waals surface area contributed by atoms with Crippen LogP contribution >= 0.6 is 0 Å². The first-order chi connectivity index (χ1) is 7.38. The quantitative estimate of drug-likeness (QED) is 0.785. The molecule has 1 aromatic rings. The number of aryl methyl sites for hydroxylation is 1. The number of hydrogen-bond donors (Lipinski definition) is 1. The summed E-state index contributed by atoms with van der Waals surface area (Å²) in [6, 6.07) is 3.84. The van der Waals surface area contributed by atoms with Crippen LogP contribution < -0.4 is 0 Å². The first-order valence-electron chi connectivity index (χ1n) is 5.23. The minimum Gasteiger partial charge on any atom is -0.393 e. The van der Waals surface area contributed by atoms with Crippen LogP contribution in [0.15, 0.2) is 18.2 Å². The van der Waals surface area contributed by atoms with E-state index in [1.807, 2.05) is 0 Å². The van der Waals surface area contributed by atoms with Crippen LogP contribution in [-0.2, 0) is 6.18 Å². The molecular formula is C12H13F3O. The molecular weight excluding hydrogens is 217 g/mol. The highest BCUT2D eigenvalue weighted by atomic mass is 19.4. The number of aliphatic hydroxyl groups is 1. The van der Waals surface area contributed by atoms with Crippen LogP contribution in [0.1, 0.15) is 35.4 Å². The summed E-state index contributed by atoms with van der Waals surface area (Å²) in [5.74, 6) is 0.220. The van der Waals surface area contributed by atoms with Gasteiger partial charge in [0.2, 0.25) is 0 Å². The molecule has 0 atom stereocenters. The molecule has 0 amide bonds. The molecule has 1 fully saturated rings. The van der Waals surface area contributed by atoms with E-state index in [9.17, 15) is 18.3 Å². The molecule has 0 radical (unpaired) electrons. The molecule has 0 aliphatic heterocycles. The second kappa shape index (κ2) is 3.77. The van der Waals surface area contributed by atoms with Gasteiger partial charge in [-0.25, -0.2) is 0 Å². The number of alkyl halides is 3. The van der Waals surface area contributed by atoms with Gasteiger partial charge in [0.05, 0.1) is 11.7 Å². The van der Waals surface area contributed by atoms with Crippen LogP contribution in [0.5, 0.6) is 0 Å². The standard InChI is InChI=1S/C12H13F3O/c1-7-4-9(12(13,14)15)2-3-11(7)8-5-10(16)6-8/h2-4,8,10,16H,5-6H2,1H3/t8-,10+. The van der Waals surface area contributed by atoms with Crippen molar-refractivity contribution in [1.29, 1.82) is 0 Å². The van der Waals surface area contributed by atoms with Crippen molar-refractivity contribution in [3.05, 3.63) is 34.9 Å². The summed E-state index contributed by atoms with van der Waals surface area (Å²) in [5.41, 5.74) is 0.985. The Balaban J connectivity index is 2.24. The summed E-state index contributed by atoms with van der Waals surface area (Å²) in [6.07, 6.45) is -3.24. The van der Waals surface area contributed by atoms with Crippen LogP contribution in [-0.4, -0.2) is 11.2 Å². The van der Waals surface area contributed by atoms with Gasteiger partial charge in [-0.3, -0.25) is 0 Å². The Morgan fingerprint density at radius 3 is 2.31 bits per heavy atom. The molecule has 1 saturated carbocycles. The molecule has 1 aromatic carbocycles. The third-order valence-electron chi connectivity index (χ3n) is 3.15. The zero-order chi connectivity index (χ0) is 11.9. The van der Waals surface area contributed by atoms with Crippen LogP contribution in [0.25, 0.3) is 0 Å². The predicted octanol–water partition coefficient (Wildman–Crippen LogP) is 3.25. The van der Waals surface area contributed by atoms with E-state index in [-0.39, 0.29) is 12.0 Å². The summed E-state index contributed by atoms with van der Waals surface area (Å²) < 4.78 is 37.3. The molecule has 1 aliphatic rings. The number of hydrogen-bond acceptors (Lipinski definition) is 1. The lowest BCUT2D eigenvalue weighted by Gasteiger charge is -2.33. The van der Waals surface area contributed by atoms with Gasteiger partial charge in [-0.2, -0.15) is 13.2 Å². The van der Waals surface area contributed by atoms with Crippen molar-refractivity contribution in [1.82, 2.24) is 0 Å². The van der Waals surface area contributed by atoms with E-state index >= 15 is 0 Å². The highest BCUT2D eigenvalue weighted by Gasteiger charge is 2.33. The number of benzene rings is 1.